The minimum absolute atomic E-state index is 0.0220. The fraction of sp³-hybridized carbons (Fsp3) is 0.800. The third-order valence-electron chi connectivity index (χ3n) is 3.55. The Labute approximate surface area is 72.9 Å². The molecule has 1 saturated carbocycles. The summed E-state index contributed by atoms with van der Waals surface area (Å²) in [5.74, 6) is 1.20. The lowest BCUT2D eigenvalue weighted by atomic mass is 9.74. The number of hydrogen-bond donors (Lipinski definition) is 2. The Morgan fingerprint density at radius 1 is 1.33 bits per heavy atom. The molecule has 2 nitrogen and oxygen atoms in total. The van der Waals surface area contributed by atoms with Crippen molar-refractivity contribution in [1.82, 2.24) is 0 Å². The summed E-state index contributed by atoms with van der Waals surface area (Å²) in [6.45, 7) is 0.441. The predicted molar refractivity (Wildman–Crippen MR) is 46.6 cm³/mol. The van der Waals surface area contributed by atoms with Crippen molar-refractivity contribution in [3.8, 4) is 0 Å². The van der Waals surface area contributed by atoms with E-state index in [2.05, 4.69) is 12.2 Å². The first-order valence-corrected chi connectivity index (χ1v) is 4.71. The van der Waals surface area contributed by atoms with Crippen LogP contribution in [0.1, 0.15) is 19.3 Å². The van der Waals surface area contributed by atoms with Gasteiger partial charge in [-0.15, -0.1) is 0 Å². The normalized spacial score (nSPS) is 44.2. The third-order valence-corrected chi connectivity index (χ3v) is 3.55. The lowest BCUT2D eigenvalue weighted by Gasteiger charge is -2.33. The molecular weight excluding hydrogens is 152 g/mol. The molecule has 2 aliphatic rings. The summed E-state index contributed by atoms with van der Waals surface area (Å²) in [4.78, 5) is 0. The molecule has 68 valence electrons. The number of hydrogen-bond acceptors (Lipinski definition) is 2. The standard InChI is InChI=1S/C10H16O2/c11-4-3-10(7-12)6-8-1-2-9(10)5-8/h1-2,8-9,11-12H,3-7H2. The van der Waals surface area contributed by atoms with E-state index in [1.807, 2.05) is 0 Å². The summed E-state index contributed by atoms with van der Waals surface area (Å²) in [5, 5.41) is 18.2. The summed E-state index contributed by atoms with van der Waals surface area (Å²) < 4.78 is 0. The van der Waals surface area contributed by atoms with Crippen LogP contribution in [0.3, 0.4) is 0 Å². The van der Waals surface area contributed by atoms with Gasteiger partial charge >= 0.3 is 0 Å². The molecule has 0 amide bonds. The molecule has 0 aromatic rings. The van der Waals surface area contributed by atoms with E-state index in [-0.39, 0.29) is 18.6 Å². The van der Waals surface area contributed by atoms with Gasteiger partial charge in [-0.1, -0.05) is 12.2 Å². The average Bonchev–Trinajstić information content (AvgIpc) is 2.64. The molecule has 2 bridgehead atoms. The second-order valence-corrected chi connectivity index (χ2v) is 4.19. The van der Waals surface area contributed by atoms with Crippen molar-refractivity contribution in [2.75, 3.05) is 13.2 Å². The monoisotopic (exact) mass is 168 g/mol. The molecule has 3 atom stereocenters. The van der Waals surface area contributed by atoms with Gasteiger partial charge in [-0.25, -0.2) is 0 Å². The lowest BCUT2D eigenvalue weighted by molar-refractivity contribution is 0.0670. The van der Waals surface area contributed by atoms with Gasteiger partial charge in [0, 0.05) is 18.6 Å². The zero-order valence-corrected chi connectivity index (χ0v) is 7.24. The van der Waals surface area contributed by atoms with Gasteiger partial charge in [0.15, 0.2) is 0 Å². The summed E-state index contributed by atoms with van der Waals surface area (Å²) in [6, 6.07) is 0. The Bertz CT molecular complexity index is 200. The fourth-order valence-corrected chi connectivity index (χ4v) is 2.82. The molecule has 0 aromatic heterocycles. The number of aliphatic hydroxyl groups excluding tert-OH is 2. The summed E-state index contributed by atoms with van der Waals surface area (Å²) in [7, 11) is 0. The largest absolute Gasteiger partial charge is 0.396 e. The molecule has 12 heavy (non-hydrogen) atoms. The minimum atomic E-state index is 0.0220. The van der Waals surface area contributed by atoms with Crippen molar-refractivity contribution < 1.29 is 10.2 Å². The molecular formula is C10H16O2. The molecule has 2 N–H and O–H groups in total. The van der Waals surface area contributed by atoms with Gasteiger partial charge in [0.1, 0.15) is 0 Å². The van der Waals surface area contributed by atoms with Crippen LogP contribution in [0.2, 0.25) is 0 Å². The highest BCUT2D eigenvalue weighted by Crippen LogP contribution is 2.53. The molecule has 0 aromatic carbocycles. The van der Waals surface area contributed by atoms with Crippen molar-refractivity contribution in [2.24, 2.45) is 17.3 Å². The second-order valence-electron chi connectivity index (χ2n) is 4.19. The molecule has 0 saturated heterocycles. The maximum atomic E-state index is 9.32. The lowest BCUT2D eigenvalue weighted by Crippen LogP contribution is -2.31. The Hall–Kier alpha value is -0.340. The first kappa shape index (κ1) is 8.27. The molecule has 2 rings (SSSR count). The number of fused-ring (bicyclic) bond motifs is 2. The van der Waals surface area contributed by atoms with Gasteiger partial charge in [0.25, 0.3) is 0 Å². The van der Waals surface area contributed by atoms with Gasteiger partial charge in [-0.3, -0.25) is 0 Å². The Balaban J connectivity index is 2.14. The van der Waals surface area contributed by atoms with E-state index in [4.69, 9.17) is 5.11 Å². The molecule has 0 radical (unpaired) electrons. The topological polar surface area (TPSA) is 40.5 Å². The Morgan fingerprint density at radius 3 is 2.58 bits per heavy atom. The highest BCUT2D eigenvalue weighted by Gasteiger charge is 2.47. The van der Waals surface area contributed by atoms with Crippen LogP contribution in [0.25, 0.3) is 0 Å². The van der Waals surface area contributed by atoms with Crippen LogP contribution in [0, 0.1) is 17.3 Å². The quantitative estimate of drug-likeness (QED) is 0.616. The van der Waals surface area contributed by atoms with Gasteiger partial charge in [0.05, 0.1) is 0 Å². The van der Waals surface area contributed by atoms with Crippen LogP contribution in [0.5, 0.6) is 0 Å². The van der Waals surface area contributed by atoms with Crippen LogP contribution >= 0.6 is 0 Å². The van der Waals surface area contributed by atoms with Crippen LogP contribution < -0.4 is 0 Å². The minimum Gasteiger partial charge on any atom is -0.396 e. The van der Waals surface area contributed by atoms with E-state index in [9.17, 15) is 5.11 Å². The van der Waals surface area contributed by atoms with E-state index in [0.29, 0.717) is 11.8 Å². The van der Waals surface area contributed by atoms with Crippen molar-refractivity contribution in [3.63, 3.8) is 0 Å². The van der Waals surface area contributed by atoms with Crippen LogP contribution in [0.4, 0.5) is 0 Å². The fourth-order valence-electron chi connectivity index (χ4n) is 2.82. The van der Waals surface area contributed by atoms with Crippen LogP contribution in [-0.2, 0) is 0 Å². The predicted octanol–water partition coefficient (Wildman–Crippen LogP) is 0.944. The van der Waals surface area contributed by atoms with E-state index >= 15 is 0 Å². The SMILES string of the molecule is OCCC1(CO)CC2C=CC1C2. The van der Waals surface area contributed by atoms with E-state index < -0.39 is 0 Å². The van der Waals surface area contributed by atoms with E-state index in [1.54, 1.807) is 0 Å². The zero-order chi connectivity index (χ0) is 8.60. The Morgan fingerprint density at radius 2 is 2.17 bits per heavy atom. The first-order chi connectivity index (χ1) is 5.80. The van der Waals surface area contributed by atoms with Gasteiger partial charge < -0.3 is 10.2 Å². The number of rotatable bonds is 3. The molecule has 0 aliphatic heterocycles. The molecule has 3 unspecified atom stereocenters. The van der Waals surface area contributed by atoms with Crippen LogP contribution in [-0.4, -0.2) is 23.4 Å². The first-order valence-electron chi connectivity index (χ1n) is 4.71. The molecule has 0 heterocycles. The summed E-state index contributed by atoms with van der Waals surface area (Å²) in [5.41, 5.74) is 0.0220. The number of aliphatic hydroxyl groups is 2. The van der Waals surface area contributed by atoms with Crippen molar-refractivity contribution >= 4 is 0 Å². The highest BCUT2D eigenvalue weighted by molar-refractivity contribution is 5.15. The van der Waals surface area contributed by atoms with E-state index in [0.717, 1.165) is 12.8 Å². The van der Waals surface area contributed by atoms with E-state index in [1.165, 1.54) is 6.42 Å². The maximum Gasteiger partial charge on any atom is 0.0494 e. The zero-order valence-electron chi connectivity index (χ0n) is 7.24. The summed E-state index contributed by atoms with van der Waals surface area (Å²) >= 11 is 0. The van der Waals surface area contributed by atoms with Gasteiger partial charge in [0.2, 0.25) is 0 Å². The van der Waals surface area contributed by atoms with Gasteiger partial charge in [-0.05, 0) is 31.1 Å². The van der Waals surface area contributed by atoms with Crippen LogP contribution in [0.15, 0.2) is 12.2 Å². The molecule has 0 spiro atoms. The Kier molecular flexibility index (Phi) is 1.97. The number of allylic oxidation sites excluding steroid dienone is 2. The molecule has 2 heteroatoms. The van der Waals surface area contributed by atoms with Gasteiger partial charge in [-0.2, -0.15) is 0 Å². The molecule has 2 aliphatic carbocycles. The summed E-state index contributed by atoms with van der Waals surface area (Å²) in [6.07, 6.45) is 7.51. The van der Waals surface area contributed by atoms with Crippen molar-refractivity contribution in [3.05, 3.63) is 12.2 Å². The second kappa shape index (κ2) is 2.86. The van der Waals surface area contributed by atoms with Crippen molar-refractivity contribution in [1.29, 1.82) is 0 Å². The van der Waals surface area contributed by atoms with Crippen molar-refractivity contribution in [2.45, 2.75) is 19.3 Å². The average molecular weight is 168 g/mol. The highest BCUT2D eigenvalue weighted by atomic mass is 16.3. The smallest absolute Gasteiger partial charge is 0.0494 e. The third kappa shape index (κ3) is 1.02. The molecule has 1 fully saturated rings. The maximum absolute atomic E-state index is 9.32.